The van der Waals surface area contributed by atoms with Crippen molar-refractivity contribution in [2.75, 3.05) is 6.54 Å². The van der Waals surface area contributed by atoms with Crippen LogP contribution in [-0.4, -0.2) is 22.5 Å². The molecule has 4 nitrogen and oxygen atoms in total. The Labute approximate surface area is 205 Å². The SMILES string of the molecule is CC(C)CN1C(=O)/C(=C/c2ccc(-c3ccc(Cl)c(Cl)c3)o2)SC1=Nc1ccc(Cl)cc1. The minimum Gasteiger partial charge on any atom is -0.457 e. The lowest BCUT2D eigenvalue weighted by atomic mass is 10.2. The van der Waals surface area contributed by atoms with Crippen LogP contribution < -0.4 is 0 Å². The van der Waals surface area contributed by atoms with Crippen molar-refractivity contribution >= 4 is 69.4 Å². The van der Waals surface area contributed by atoms with E-state index in [-0.39, 0.29) is 5.91 Å². The molecule has 32 heavy (non-hydrogen) atoms. The van der Waals surface area contributed by atoms with Gasteiger partial charge in [0.15, 0.2) is 5.17 Å². The Morgan fingerprint density at radius 3 is 2.47 bits per heavy atom. The number of halogens is 3. The molecule has 0 unspecified atom stereocenters. The van der Waals surface area contributed by atoms with Crippen molar-refractivity contribution in [2.24, 2.45) is 10.9 Å². The smallest absolute Gasteiger partial charge is 0.266 e. The van der Waals surface area contributed by atoms with E-state index in [1.54, 1.807) is 35.2 Å². The maximum absolute atomic E-state index is 13.1. The quantitative estimate of drug-likeness (QED) is 0.328. The van der Waals surface area contributed by atoms with E-state index in [4.69, 9.17) is 39.2 Å². The summed E-state index contributed by atoms with van der Waals surface area (Å²) in [5.74, 6) is 1.40. The molecule has 164 valence electrons. The average molecular weight is 506 g/mol. The first-order chi connectivity index (χ1) is 15.3. The normalized spacial score (nSPS) is 16.7. The van der Waals surface area contributed by atoms with Crippen LogP contribution in [0.5, 0.6) is 0 Å². The molecule has 0 bridgehead atoms. The minimum atomic E-state index is -0.0936. The standard InChI is InChI=1S/C24H19Cl3N2O2S/c1-14(2)13-29-23(30)22(32-24(29)28-17-6-4-16(25)5-7-17)12-18-8-10-21(31-18)15-3-9-19(26)20(27)11-15/h3-12,14H,13H2,1-2H3/b22-12-,28-24?. The second-order valence-electron chi connectivity index (χ2n) is 7.62. The minimum absolute atomic E-state index is 0.0936. The molecule has 1 fully saturated rings. The van der Waals surface area contributed by atoms with Crippen LogP contribution in [0, 0.1) is 5.92 Å². The third-order valence-electron chi connectivity index (χ3n) is 4.59. The van der Waals surface area contributed by atoms with E-state index in [1.807, 2.05) is 30.3 Å². The third kappa shape index (κ3) is 5.24. The Hall–Kier alpha value is -2.18. The van der Waals surface area contributed by atoms with E-state index < -0.39 is 0 Å². The van der Waals surface area contributed by atoms with Gasteiger partial charge in [-0.25, -0.2) is 4.99 Å². The first-order valence-electron chi connectivity index (χ1n) is 9.91. The number of hydrogen-bond acceptors (Lipinski definition) is 4. The van der Waals surface area contributed by atoms with Crippen LogP contribution in [0.15, 0.2) is 68.9 Å². The summed E-state index contributed by atoms with van der Waals surface area (Å²) in [6, 6.07) is 16.2. The first-order valence-corrected chi connectivity index (χ1v) is 11.9. The zero-order valence-corrected chi connectivity index (χ0v) is 20.4. The van der Waals surface area contributed by atoms with Gasteiger partial charge in [0.2, 0.25) is 0 Å². The Balaban J connectivity index is 1.63. The highest BCUT2D eigenvalue weighted by Gasteiger charge is 2.34. The van der Waals surface area contributed by atoms with Crippen molar-refractivity contribution < 1.29 is 9.21 Å². The highest BCUT2D eigenvalue weighted by atomic mass is 35.5. The fraction of sp³-hybridized carbons (Fsp3) is 0.167. The third-order valence-corrected chi connectivity index (χ3v) is 6.59. The lowest BCUT2D eigenvalue weighted by Crippen LogP contribution is -2.32. The van der Waals surface area contributed by atoms with E-state index in [2.05, 4.69) is 18.8 Å². The van der Waals surface area contributed by atoms with E-state index in [0.717, 1.165) is 11.3 Å². The zero-order chi connectivity index (χ0) is 22.8. The van der Waals surface area contributed by atoms with Gasteiger partial charge in [-0.3, -0.25) is 9.69 Å². The molecule has 8 heteroatoms. The largest absolute Gasteiger partial charge is 0.457 e. The number of benzene rings is 2. The maximum atomic E-state index is 13.1. The fourth-order valence-electron chi connectivity index (χ4n) is 3.11. The number of nitrogens with zero attached hydrogens (tertiary/aromatic N) is 2. The van der Waals surface area contributed by atoms with Crippen LogP contribution >= 0.6 is 46.6 Å². The molecular formula is C24H19Cl3N2O2S. The molecule has 4 rings (SSSR count). The van der Waals surface area contributed by atoms with Crippen LogP contribution in [0.4, 0.5) is 5.69 Å². The number of aliphatic imine (C=N–C) groups is 1. The summed E-state index contributed by atoms with van der Waals surface area (Å²) >= 11 is 19.4. The van der Waals surface area contributed by atoms with Gasteiger partial charge < -0.3 is 4.42 Å². The molecule has 1 aromatic heterocycles. The lowest BCUT2D eigenvalue weighted by Gasteiger charge is -2.17. The summed E-state index contributed by atoms with van der Waals surface area (Å²) in [4.78, 5) is 20.1. The summed E-state index contributed by atoms with van der Waals surface area (Å²) in [5, 5.41) is 2.21. The van der Waals surface area contributed by atoms with E-state index in [1.165, 1.54) is 11.8 Å². The number of furan rings is 1. The van der Waals surface area contributed by atoms with E-state index >= 15 is 0 Å². The Morgan fingerprint density at radius 2 is 1.78 bits per heavy atom. The van der Waals surface area contributed by atoms with Crippen LogP contribution in [0.3, 0.4) is 0 Å². The van der Waals surface area contributed by atoms with Gasteiger partial charge >= 0.3 is 0 Å². The lowest BCUT2D eigenvalue weighted by molar-refractivity contribution is -0.122. The van der Waals surface area contributed by atoms with Crippen LogP contribution in [0.1, 0.15) is 19.6 Å². The van der Waals surface area contributed by atoms with Crippen molar-refractivity contribution in [3.05, 3.63) is 80.3 Å². The molecule has 1 aliphatic rings. The summed E-state index contributed by atoms with van der Waals surface area (Å²) in [6.07, 6.45) is 1.74. The molecule has 0 aliphatic carbocycles. The average Bonchev–Trinajstić information content (AvgIpc) is 3.32. The van der Waals surface area contributed by atoms with Crippen molar-refractivity contribution in [3.8, 4) is 11.3 Å². The van der Waals surface area contributed by atoms with Gasteiger partial charge in [-0.1, -0.05) is 48.7 Å². The molecule has 3 aromatic rings. The van der Waals surface area contributed by atoms with Crippen LogP contribution in [0.25, 0.3) is 17.4 Å². The predicted molar refractivity (Wildman–Crippen MR) is 135 cm³/mol. The predicted octanol–water partition coefficient (Wildman–Crippen LogP) is 8.17. The Morgan fingerprint density at radius 1 is 1.03 bits per heavy atom. The number of amidine groups is 1. The Kier molecular flexibility index (Phi) is 7.01. The van der Waals surface area contributed by atoms with Crippen LogP contribution in [0.2, 0.25) is 15.1 Å². The fourth-order valence-corrected chi connectivity index (χ4v) is 4.52. The van der Waals surface area contributed by atoms with Gasteiger partial charge in [0.05, 0.1) is 20.6 Å². The monoisotopic (exact) mass is 504 g/mol. The zero-order valence-electron chi connectivity index (χ0n) is 17.3. The number of carbonyl (C=O) groups excluding carboxylic acids is 1. The molecule has 0 spiro atoms. The van der Waals surface area contributed by atoms with Crippen molar-refractivity contribution in [1.29, 1.82) is 0 Å². The summed E-state index contributed by atoms with van der Waals surface area (Å²) in [5.41, 5.74) is 1.54. The molecule has 1 saturated heterocycles. The van der Waals surface area contributed by atoms with Crippen molar-refractivity contribution in [3.63, 3.8) is 0 Å². The van der Waals surface area contributed by atoms with Gasteiger partial charge in [-0.05, 0) is 72.3 Å². The molecule has 0 saturated carbocycles. The second-order valence-corrected chi connectivity index (χ2v) is 9.88. The second kappa shape index (κ2) is 9.75. The van der Waals surface area contributed by atoms with Gasteiger partial charge in [-0.2, -0.15) is 0 Å². The summed E-state index contributed by atoms with van der Waals surface area (Å²) in [6.45, 7) is 4.70. The molecule has 0 atom stereocenters. The highest BCUT2D eigenvalue weighted by molar-refractivity contribution is 8.18. The number of amides is 1. The number of carbonyl (C=O) groups is 1. The first kappa shape index (κ1) is 23.0. The van der Waals surface area contributed by atoms with E-state index in [9.17, 15) is 4.79 Å². The van der Waals surface area contributed by atoms with Gasteiger partial charge in [0.1, 0.15) is 11.5 Å². The molecule has 1 amide bonds. The molecule has 0 radical (unpaired) electrons. The molecular weight excluding hydrogens is 487 g/mol. The Bertz CT molecular complexity index is 1220. The van der Waals surface area contributed by atoms with E-state index in [0.29, 0.717) is 49.1 Å². The maximum Gasteiger partial charge on any atom is 0.266 e. The van der Waals surface area contributed by atoms with Gasteiger partial charge in [0.25, 0.3) is 5.91 Å². The number of thioether (sulfide) groups is 1. The van der Waals surface area contributed by atoms with Gasteiger partial charge in [-0.15, -0.1) is 0 Å². The number of hydrogen-bond donors (Lipinski definition) is 0. The molecule has 2 aromatic carbocycles. The summed E-state index contributed by atoms with van der Waals surface area (Å²) in [7, 11) is 0. The van der Waals surface area contributed by atoms with Crippen molar-refractivity contribution in [2.45, 2.75) is 13.8 Å². The summed E-state index contributed by atoms with van der Waals surface area (Å²) < 4.78 is 5.94. The molecule has 0 N–H and O–H groups in total. The molecule has 1 aliphatic heterocycles. The highest BCUT2D eigenvalue weighted by Crippen LogP contribution is 2.36. The van der Waals surface area contributed by atoms with Crippen LogP contribution in [-0.2, 0) is 4.79 Å². The molecule has 2 heterocycles. The topological polar surface area (TPSA) is 45.8 Å². The number of rotatable bonds is 5. The van der Waals surface area contributed by atoms with Crippen molar-refractivity contribution in [1.82, 2.24) is 4.90 Å². The van der Waals surface area contributed by atoms with Gasteiger partial charge in [0, 0.05) is 23.2 Å².